The van der Waals surface area contributed by atoms with Crippen LogP contribution in [0.4, 0.5) is 0 Å². The van der Waals surface area contributed by atoms with Gasteiger partial charge in [-0.2, -0.15) is 0 Å². The standard InChI is InChI=1S/C20H30N2O3/c1-14(18-9-8-17(24-2)12-19(18)25-3)21-16-10-11-22(13-16)20(23)15-6-4-5-7-15/h8-9,12,14-16,21H,4-7,10-11,13H2,1-3H3/t14-,16+/m0/s1. The number of carbonyl (C=O) groups is 1. The van der Waals surface area contributed by atoms with Gasteiger partial charge in [-0.15, -0.1) is 0 Å². The zero-order valence-corrected chi connectivity index (χ0v) is 15.6. The number of carbonyl (C=O) groups excluding carboxylic acids is 1. The molecule has 1 aromatic carbocycles. The van der Waals surface area contributed by atoms with Gasteiger partial charge in [-0.1, -0.05) is 18.9 Å². The van der Waals surface area contributed by atoms with Crippen molar-refractivity contribution >= 4 is 5.91 Å². The molecule has 1 saturated carbocycles. The van der Waals surface area contributed by atoms with Crippen molar-refractivity contribution in [2.24, 2.45) is 5.92 Å². The Morgan fingerprint density at radius 2 is 1.96 bits per heavy atom. The molecule has 2 aliphatic rings. The van der Waals surface area contributed by atoms with E-state index in [0.717, 1.165) is 49.4 Å². The summed E-state index contributed by atoms with van der Waals surface area (Å²) in [7, 11) is 3.34. The number of ether oxygens (including phenoxy) is 2. The van der Waals surface area contributed by atoms with Gasteiger partial charge in [0, 0.05) is 42.7 Å². The Labute approximate surface area is 150 Å². The van der Waals surface area contributed by atoms with Gasteiger partial charge >= 0.3 is 0 Å². The van der Waals surface area contributed by atoms with Crippen LogP contribution in [0.2, 0.25) is 0 Å². The molecule has 1 aromatic rings. The third kappa shape index (κ3) is 4.09. The summed E-state index contributed by atoms with van der Waals surface area (Å²) >= 11 is 0. The molecule has 1 N–H and O–H groups in total. The molecule has 5 heteroatoms. The van der Waals surface area contributed by atoms with Crippen LogP contribution in [0.1, 0.15) is 50.6 Å². The lowest BCUT2D eigenvalue weighted by Crippen LogP contribution is -2.38. The van der Waals surface area contributed by atoms with Crippen molar-refractivity contribution in [1.82, 2.24) is 10.2 Å². The second-order valence-electron chi connectivity index (χ2n) is 7.25. The molecule has 1 heterocycles. The van der Waals surface area contributed by atoms with Gasteiger partial charge in [0.1, 0.15) is 11.5 Å². The van der Waals surface area contributed by atoms with Crippen molar-refractivity contribution in [3.05, 3.63) is 23.8 Å². The molecule has 3 rings (SSSR count). The average Bonchev–Trinajstić information content (AvgIpc) is 3.32. The van der Waals surface area contributed by atoms with E-state index < -0.39 is 0 Å². The van der Waals surface area contributed by atoms with Gasteiger partial charge in [0.15, 0.2) is 0 Å². The minimum atomic E-state index is 0.160. The lowest BCUT2D eigenvalue weighted by Gasteiger charge is -2.23. The molecule has 1 aliphatic heterocycles. The number of nitrogens with zero attached hydrogens (tertiary/aromatic N) is 1. The Kier molecular flexibility index (Phi) is 5.84. The largest absolute Gasteiger partial charge is 0.497 e. The van der Waals surface area contributed by atoms with Gasteiger partial charge in [0.05, 0.1) is 14.2 Å². The van der Waals surface area contributed by atoms with E-state index in [4.69, 9.17) is 9.47 Å². The minimum Gasteiger partial charge on any atom is -0.497 e. The van der Waals surface area contributed by atoms with Crippen LogP contribution in [0.5, 0.6) is 11.5 Å². The van der Waals surface area contributed by atoms with Crippen LogP contribution < -0.4 is 14.8 Å². The maximum atomic E-state index is 12.6. The molecule has 0 bridgehead atoms. The fourth-order valence-electron chi connectivity index (χ4n) is 4.15. The van der Waals surface area contributed by atoms with Gasteiger partial charge in [0.2, 0.25) is 5.91 Å². The van der Waals surface area contributed by atoms with Crippen LogP contribution in [0, 0.1) is 5.92 Å². The molecule has 2 fully saturated rings. The van der Waals surface area contributed by atoms with E-state index in [1.54, 1.807) is 14.2 Å². The molecule has 0 spiro atoms. The highest BCUT2D eigenvalue weighted by atomic mass is 16.5. The van der Waals surface area contributed by atoms with E-state index in [9.17, 15) is 4.79 Å². The van der Waals surface area contributed by atoms with Gasteiger partial charge < -0.3 is 19.7 Å². The second-order valence-corrected chi connectivity index (χ2v) is 7.25. The quantitative estimate of drug-likeness (QED) is 0.860. The van der Waals surface area contributed by atoms with Crippen molar-refractivity contribution in [1.29, 1.82) is 0 Å². The zero-order valence-electron chi connectivity index (χ0n) is 15.6. The number of nitrogens with one attached hydrogen (secondary N) is 1. The molecule has 1 saturated heterocycles. The van der Waals surface area contributed by atoms with Crippen LogP contribution >= 0.6 is 0 Å². The lowest BCUT2D eigenvalue weighted by atomic mass is 10.1. The number of hydrogen-bond donors (Lipinski definition) is 1. The van der Waals surface area contributed by atoms with E-state index in [1.807, 2.05) is 18.2 Å². The van der Waals surface area contributed by atoms with Gasteiger partial charge in [-0.3, -0.25) is 4.79 Å². The molecule has 25 heavy (non-hydrogen) atoms. The number of benzene rings is 1. The average molecular weight is 346 g/mol. The summed E-state index contributed by atoms with van der Waals surface area (Å²) in [4.78, 5) is 14.6. The predicted molar refractivity (Wildman–Crippen MR) is 98.0 cm³/mol. The minimum absolute atomic E-state index is 0.160. The smallest absolute Gasteiger partial charge is 0.225 e. The maximum Gasteiger partial charge on any atom is 0.225 e. The fourth-order valence-corrected chi connectivity index (χ4v) is 4.15. The first-order chi connectivity index (χ1) is 12.1. The van der Waals surface area contributed by atoms with Crippen LogP contribution in [0.3, 0.4) is 0 Å². The van der Waals surface area contributed by atoms with Gasteiger partial charge in [0.25, 0.3) is 0 Å². The summed E-state index contributed by atoms with van der Waals surface area (Å²) < 4.78 is 10.8. The third-order valence-corrected chi connectivity index (χ3v) is 5.60. The number of likely N-dealkylation sites (tertiary alicyclic amines) is 1. The first kappa shape index (κ1) is 18.1. The summed E-state index contributed by atoms with van der Waals surface area (Å²) in [6.07, 6.45) is 5.58. The van der Waals surface area contributed by atoms with E-state index in [2.05, 4.69) is 17.1 Å². The molecule has 5 nitrogen and oxygen atoms in total. The Morgan fingerprint density at radius 1 is 1.20 bits per heavy atom. The topological polar surface area (TPSA) is 50.8 Å². The van der Waals surface area contributed by atoms with Crippen molar-refractivity contribution in [2.75, 3.05) is 27.3 Å². The van der Waals surface area contributed by atoms with Gasteiger partial charge in [-0.05, 0) is 32.3 Å². The molecule has 0 aromatic heterocycles. The van der Waals surface area contributed by atoms with E-state index in [-0.39, 0.29) is 12.0 Å². The molecule has 1 amide bonds. The summed E-state index contributed by atoms with van der Waals surface area (Å²) in [6, 6.07) is 6.42. The first-order valence-electron chi connectivity index (χ1n) is 9.39. The maximum absolute atomic E-state index is 12.6. The first-order valence-corrected chi connectivity index (χ1v) is 9.39. The second kappa shape index (κ2) is 8.09. The highest BCUT2D eigenvalue weighted by Gasteiger charge is 2.32. The summed E-state index contributed by atoms with van der Waals surface area (Å²) in [5.74, 6) is 2.27. The van der Waals surface area contributed by atoms with Crippen LogP contribution in [-0.2, 0) is 4.79 Å². The number of methoxy groups -OCH3 is 2. The Morgan fingerprint density at radius 3 is 2.64 bits per heavy atom. The Hall–Kier alpha value is -1.75. The van der Waals surface area contributed by atoms with Crippen molar-refractivity contribution in [2.45, 2.75) is 51.1 Å². The van der Waals surface area contributed by atoms with Crippen LogP contribution in [0.15, 0.2) is 18.2 Å². The number of amides is 1. The van der Waals surface area contributed by atoms with Crippen molar-refractivity contribution in [3.8, 4) is 11.5 Å². The monoisotopic (exact) mass is 346 g/mol. The number of hydrogen-bond acceptors (Lipinski definition) is 4. The van der Waals surface area contributed by atoms with E-state index >= 15 is 0 Å². The molecule has 1 aliphatic carbocycles. The summed E-state index contributed by atoms with van der Waals surface area (Å²) in [6.45, 7) is 3.84. The zero-order chi connectivity index (χ0) is 17.8. The third-order valence-electron chi connectivity index (χ3n) is 5.60. The number of rotatable bonds is 6. The van der Waals surface area contributed by atoms with Crippen LogP contribution in [0.25, 0.3) is 0 Å². The van der Waals surface area contributed by atoms with Crippen molar-refractivity contribution < 1.29 is 14.3 Å². The Bertz CT molecular complexity index is 599. The van der Waals surface area contributed by atoms with Gasteiger partial charge in [-0.25, -0.2) is 0 Å². The molecule has 0 unspecified atom stereocenters. The molecule has 0 radical (unpaired) electrons. The SMILES string of the molecule is COc1ccc([C@H](C)N[C@@H]2CCN(C(=O)C3CCCC3)C2)c(OC)c1. The van der Waals surface area contributed by atoms with Crippen molar-refractivity contribution in [3.63, 3.8) is 0 Å². The molecular weight excluding hydrogens is 316 g/mol. The van der Waals surface area contributed by atoms with E-state index in [0.29, 0.717) is 11.9 Å². The molecular formula is C20H30N2O3. The van der Waals surface area contributed by atoms with Crippen LogP contribution in [-0.4, -0.2) is 44.2 Å². The lowest BCUT2D eigenvalue weighted by molar-refractivity contribution is -0.134. The van der Waals surface area contributed by atoms with E-state index in [1.165, 1.54) is 12.8 Å². The fraction of sp³-hybridized carbons (Fsp3) is 0.650. The molecule has 2 atom stereocenters. The molecule has 138 valence electrons. The Balaban J connectivity index is 1.58. The summed E-state index contributed by atoms with van der Waals surface area (Å²) in [5.41, 5.74) is 1.11. The highest BCUT2D eigenvalue weighted by Crippen LogP contribution is 2.31. The highest BCUT2D eigenvalue weighted by molar-refractivity contribution is 5.79. The summed E-state index contributed by atoms with van der Waals surface area (Å²) in [5, 5.41) is 3.67. The normalized spacial score (nSPS) is 22.2. The predicted octanol–water partition coefficient (Wildman–Crippen LogP) is 3.15.